The van der Waals surface area contributed by atoms with E-state index in [0.29, 0.717) is 18.6 Å². The Labute approximate surface area is 133 Å². The van der Waals surface area contributed by atoms with E-state index < -0.39 is 0 Å². The topological polar surface area (TPSA) is 64.3 Å². The van der Waals surface area contributed by atoms with Gasteiger partial charge in [-0.05, 0) is 64.3 Å². The molecule has 0 spiro atoms. The van der Waals surface area contributed by atoms with E-state index in [9.17, 15) is 4.79 Å². The summed E-state index contributed by atoms with van der Waals surface area (Å²) in [6.45, 7) is 10.3. The SMILES string of the molecule is CC(C)(C)OC=O.CC1C=C(c2ccc(N)cc2)CC(C)N1. The van der Waals surface area contributed by atoms with Gasteiger partial charge in [-0.1, -0.05) is 18.2 Å². The molecule has 4 heteroatoms. The first-order valence-corrected chi connectivity index (χ1v) is 7.65. The van der Waals surface area contributed by atoms with E-state index in [0.717, 1.165) is 12.1 Å². The number of nitrogens with one attached hydrogen (secondary N) is 1. The first kappa shape index (κ1) is 18.2. The summed E-state index contributed by atoms with van der Waals surface area (Å²) in [5.41, 5.74) is 8.91. The normalized spacial score (nSPS) is 21.2. The van der Waals surface area contributed by atoms with Gasteiger partial charge in [0.05, 0.1) is 0 Å². The number of benzene rings is 1. The van der Waals surface area contributed by atoms with Crippen LogP contribution in [0.3, 0.4) is 0 Å². The molecule has 0 saturated carbocycles. The molecule has 0 saturated heterocycles. The molecule has 2 rings (SSSR count). The highest BCUT2D eigenvalue weighted by Crippen LogP contribution is 2.24. The molecular formula is C18H28N2O2. The summed E-state index contributed by atoms with van der Waals surface area (Å²) < 4.78 is 4.55. The van der Waals surface area contributed by atoms with Gasteiger partial charge < -0.3 is 15.8 Å². The van der Waals surface area contributed by atoms with Gasteiger partial charge in [0.2, 0.25) is 0 Å². The fourth-order valence-corrected chi connectivity index (χ4v) is 2.31. The van der Waals surface area contributed by atoms with Gasteiger partial charge in [-0.2, -0.15) is 0 Å². The third-order valence-electron chi connectivity index (χ3n) is 3.21. The fourth-order valence-electron chi connectivity index (χ4n) is 2.31. The molecule has 3 N–H and O–H groups in total. The van der Waals surface area contributed by atoms with Crippen LogP contribution in [0.15, 0.2) is 30.3 Å². The van der Waals surface area contributed by atoms with Crippen LogP contribution in [-0.2, 0) is 9.53 Å². The van der Waals surface area contributed by atoms with E-state index in [1.165, 1.54) is 11.1 Å². The second-order valence-electron chi connectivity index (χ2n) is 6.70. The molecule has 1 aliphatic heterocycles. The maximum atomic E-state index is 9.60. The first-order chi connectivity index (χ1) is 10.2. The number of carbonyl (C=O) groups is 1. The molecule has 2 atom stereocenters. The molecule has 1 aromatic carbocycles. The summed E-state index contributed by atoms with van der Waals surface area (Å²) in [4.78, 5) is 9.60. The van der Waals surface area contributed by atoms with Crippen LogP contribution in [0.1, 0.15) is 46.6 Å². The molecule has 122 valence electrons. The second kappa shape index (κ2) is 7.99. The van der Waals surface area contributed by atoms with Gasteiger partial charge in [-0.15, -0.1) is 0 Å². The summed E-state index contributed by atoms with van der Waals surface area (Å²) in [6, 6.07) is 9.15. The predicted octanol–water partition coefficient (Wildman–Crippen LogP) is 3.38. The van der Waals surface area contributed by atoms with E-state index in [1.54, 1.807) is 0 Å². The number of anilines is 1. The van der Waals surface area contributed by atoms with Gasteiger partial charge in [0.15, 0.2) is 0 Å². The Balaban J connectivity index is 0.000000295. The minimum absolute atomic E-state index is 0.318. The van der Waals surface area contributed by atoms with Crippen molar-refractivity contribution in [2.75, 3.05) is 5.73 Å². The van der Waals surface area contributed by atoms with Crippen molar-refractivity contribution in [2.45, 2.75) is 58.7 Å². The van der Waals surface area contributed by atoms with Gasteiger partial charge in [-0.25, -0.2) is 0 Å². The Morgan fingerprint density at radius 3 is 2.23 bits per heavy atom. The zero-order chi connectivity index (χ0) is 16.8. The molecule has 1 heterocycles. The Morgan fingerprint density at radius 1 is 1.23 bits per heavy atom. The Kier molecular flexibility index (Phi) is 6.62. The third kappa shape index (κ3) is 6.76. The van der Waals surface area contributed by atoms with Crippen LogP contribution in [-0.4, -0.2) is 24.2 Å². The van der Waals surface area contributed by atoms with Crippen LogP contribution in [0.25, 0.3) is 5.57 Å². The molecule has 2 unspecified atom stereocenters. The van der Waals surface area contributed by atoms with Crippen LogP contribution in [0, 0.1) is 0 Å². The number of hydrogen-bond acceptors (Lipinski definition) is 4. The van der Waals surface area contributed by atoms with Gasteiger partial charge in [0.25, 0.3) is 6.47 Å². The van der Waals surface area contributed by atoms with Gasteiger partial charge in [0, 0.05) is 17.8 Å². The standard InChI is InChI=1S/C13H18N2.C5H10O2/c1-9-7-12(8-10(2)15-9)11-3-5-13(14)6-4-11;1-5(2,3)7-4-6/h3-7,9-10,15H,8,14H2,1-2H3;4H,1-3H3. The molecule has 1 aliphatic rings. The molecule has 1 aromatic rings. The second-order valence-corrected chi connectivity index (χ2v) is 6.70. The molecule has 0 bridgehead atoms. The quantitative estimate of drug-likeness (QED) is 0.649. The maximum absolute atomic E-state index is 9.60. The van der Waals surface area contributed by atoms with Crippen LogP contribution >= 0.6 is 0 Å². The number of nitrogens with two attached hydrogens (primary N) is 1. The van der Waals surface area contributed by atoms with Gasteiger partial charge in [-0.3, -0.25) is 4.79 Å². The number of hydrogen-bond donors (Lipinski definition) is 2. The highest BCUT2D eigenvalue weighted by molar-refractivity contribution is 5.68. The lowest BCUT2D eigenvalue weighted by Gasteiger charge is -2.26. The number of nitrogen functional groups attached to an aromatic ring is 1. The molecule has 0 radical (unpaired) electrons. The average Bonchev–Trinajstić information content (AvgIpc) is 2.37. The lowest BCUT2D eigenvalue weighted by atomic mass is 9.93. The Bertz CT molecular complexity index is 501. The monoisotopic (exact) mass is 304 g/mol. The Morgan fingerprint density at radius 2 is 1.82 bits per heavy atom. The smallest absolute Gasteiger partial charge is 0.293 e. The zero-order valence-electron chi connectivity index (χ0n) is 14.2. The summed E-state index contributed by atoms with van der Waals surface area (Å²) in [6.07, 6.45) is 3.39. The zero-order valence-corrected chi connectivity index (χ0v) is 14.2. The fraction of sp³-hybridized carbons (Fsp3) is 0.500. The molecule has 0 aliphatic carbocycles. The molecule has 22 heavy (non-hydrogen) atoms. The highest BCUT2D eigenvalue weighted by atomic mass is 16.5. The van der Waals surface area contributed by atoms with Crippen molar-refractivity contribution >= 4 is 17.7 Å². The van der Waals surface area contributed by atoms with Crippen LogP contribution in [0.5, 0.6) is 0 Å². The molecule has 0 amide bonds. The molecule has 0 aromatic heterocycles. The average molecular weight is 304 g/mol. The summed E-state index contributed by atoms with van der Waals surface area (Å²) >= 11 is 0. The van der Waals surface area contributed by atoms with E-state index >= 15 is 0 Å². The third-order valence-corrected chi connectivity index (χ3v) is 3.21. The number of rotatable bonds is 2. The lowest BCUT2D eigenvalue weighted by Crippen LogP contribution is -2.36. The van der Waals surface area contributed by atoms with Crippen molar-refractivity contribution < 1.29 is 9.53 Å². The van der Waals surface area contributed by atoms with E-state index in [1.807, 2.05) is 32.9 Å². The van der Waals surface area contributed by atoms with Gasteiger partial charge in [0.1, 0.15) is 5.60 Å². The minimum Gasteiger partial charge on any atom is -0.462 e. The van der Waals surface area contributed by atoms with E-state index in [-0.39, 0.29) is 5.60 Å². The van der Waals surface area contributed by atoms with Gasteiger partial charge >= 0.3 is 0 Å². The predicted molar refractivity (Wildman–Crippen MR) is 92.4 cm³/mol. The van der Waals surface area contributed by atoms with Crippen LogP contribution < -0.4 is 11.1 Å². The minimum atomic E-state index is -0.318. The summed E-state index contributed by atoms with van der Waals surface area (Å²) in [7, 11) is 0. The largest absolute Gasteiger partial charge is 0.462 e. The first-order valence-electron chi connectivity index (χ1n) is 7.65. The lowest BCUT2D eigenvalue weighted by molar-refractivity contribution is -0.138. The van der Waals surface area contributed by atoms with Crippen molar-refractivity contribution in [3.05, 3.63) is 35.9 Å². The Hall–Kier alpha value is -1.81. The molecule has 0 fully saturated rings. The molecular weight excluding hydrogens is 276 g/mol. The summed E-state index contributed by atoms with van der Waals surface area (Å²) in [5.74, 6) is 0. The van der Waals surface area contributed by atoms with E-state index in [2.05, 4.69) is 42.1 Å². The van der Waals surface area contributed by atoms with Crippen LogP contribution in [0.4, 0.5) is 5.69 Å². The highest BCUT2D eigenvalue weighted by Gasteiger charge is 2.15. The number of ether oxygens (including phenoxy) is 1. The van der Waals surface area contributed by atoms with Crippen molar-refractivity contribution in [3.63, 3.8) is 0 Å². The van der Waals surface area contributed by atoms with Crippen molar-refractivity contribution in [1.82, 2.24) is 5.32 Å². The van der Waals surface area contributed by atoms with Crippen LogP contribution in [0.2, 0.25) is 0 Å². The molecule has 4 nitrogen and oxygen atoms in total. The van der Waals surface area contributed by atoms with Crippen molar-refractivity contribution in [3.8, 4) is 0 Å². The number of carbonyl (C=O) groups excluding carboxylic acids is 1. The van der Waals surface area contributed by atoms with E-state index in [4.69, 9.17) is 5.73 Å². The van der Waals surface area contributed by atoms with Crippen molar-refractivity contribution in [2.24, 2.45) is 0 Å². The summed E-state index contributed by atoms with van der Waals surface area (Å²) in [5, 5.41) is 3.49. The maximum Gasteiger partial charge on any atom is 0.293 e. The van der Waals surface area contributed by atoms with Crippen molar-refractivity contribution in [1.29, 1.82) is 0 Å².